The van der Waals surface area contributed by atoms with Crippen LogP contribution in [0, 0.1) is 5.92 Å². The molecule has 2 fully saturated rings. The van der Waals surface area contributed by atoms with E-state index in [0.717, 1.165) is 62.1 Å². The van der Waals surface area contributed by atoms with Crippen molar-refractivity contribution in [1.82, 2.24) is 30.1 Å². The van der Waals surface area contributed by atoms with Crippen LogP contribution in [0.25, 0.3) is 10.9 Å². The van der Waals surface area contributed by atoms with Crippen molar-refractivity contribution in [2.24, 2.45) is 5.92 Å². The highest BCUT2D eigenvalue weighted by Gasteiger charge is 2.33. The highest BCUT2D eigenvalue weighted by molar-refractivity contribution is 5.80. The number of fused-ring (bicyclic) bond motifs is 1. The van der Waals surface area contributed by atoms with E-state index in [1.54, 1.807) is 0 Å². The number of pyridine rings is 1. The lowest BCUT2D eigenvalue weighted by Gasteiger charge is -2.36. The largest absolute Gasteiger partial charge is 0.376 e. The van der Waals surface area contributed by atoms with Crippen molar-refractivity contribution < 1.29 is 4.74 Å². The van der Waals surface area contributed by atoms with E-state index in [4.69, 9.17) is 4.74 Å². The van der Waals surface area contributed by atoms with Gasteiger partial charge in [0.25, 0.3) is 5.56 Å². The van der Waals surface area contributed by atoms with Gasteiger partial charge in [-0.3, -0.25) is 9.69 Å². The molecule has 3 aromatic rings. The van der Waals surface area contributed by atoms with Crippen molar-refractivity contribution >= 4 is 10.9 Å². The predicted molar refractivity (Wildman–Crippen MR) is 123 cm³/mol. The summed E-state index contributed by atoms with van der Waals surface area (Å²) in [5, 5.41) is 13.8. The molecule has 2 aliphatic heterocycles. The van der Waals surface area contributed by atoms with Gasteiger partial charge >= 0.3 is 0 Å². The number of likely N-dealkylation sites (tertiary alicyclic amines) is 1. The SMILES string of the molecule is CCc1ccc2[nH]c(=O)c([C@@H](c3nnnn3C[C@@H]3CCCO3)N3CCC[C@@H](C)C3)cc2c1. The molecule has 3 atom stereocenters. The van der Waals surface area contributed by atoms with Crippen LogP contribution in [-0.4, -0.2) is 55.9 Å². The zero-order chi connectivity index (χ0) is 22.1. The van der Waals surface area contributed by atoms with E-state index in [0.29, 0.717) is 18.0 Å². The molecule has 2 saturated heterocycles. The number of benzene rings is 1. The summed E-state index contributed by atoms with van der Waals surface area (Å²) in [5.74, 6) is 1.30. The third kappa shape index (κ3) is 4.21. The molecular weight excluding hydrogens is 404 g/mol. The second kappa shape index (κ2) is 9.11. The first-order valence-corrected chi connectivity index (χ1v) is 11.9. The van der Waals surface area contributed by atoms with Gasteiger partial charge in [-0.15, -0.1) is 5.10 Å². The lowest BCUT2D eigenvalue weighted by molar-refractivity contribution is 0.0889. The van der Waals surface area contributed by atoms with Crippen LogP contribution in [-0.2, 0) is 17.7 Å². The Bertz CT molecular complexity index is 1130. The Hall–Kier alpha value is -2.58. The molecule has 8 nitrogen and oxygen atoms in total. The van der Waals surface area contributed by atoms with Gasteiger partial charge in [0.1, 0.15) is 6.04 Å². The fourth-order valence-electron chi connectivity index (χ4n) is 5.17. The summed E-state index contributed by atoms with van der Waals surface area (Å²) in [6.07, 6.45) is 5.48. The number of hydrogen-bond acceptors (Lipinski definition) is 6. The van der Waals surface area contributed by atoms with Gasteiger partial charge in [0.05, 0.1) is 12.6 Å². The van der Waals surface area contributed by atoms with Crippen molar-refractivity contribution in [3.05, 3.63) is 51.6 Å². The molecule has 0 aliphatic carbocycles. The molecule has 0 unspecified atom stereocenters. The molecule has 0 radical (unpaired) electrons. The first kappa shape index (κ1) is 21.3. The Kier molecular flexibility index (Phi) is 6.06. The maximum absolute atomic E-state index is 13.3. The number of nitrogens with zero attached hydrogens (tertiary/aromatic N) is 5. The second-order valence-corrected chi connectivity index (χ2v) is 9.33. The van der Waals surface area contributed by atoms with E-state index in [9.17, 15) is 4.79 Å². The van der Waals surface area contributed by atoms with Crippen LogP contribution in [0.3, 0.4) is 0 Å². The van der Waals surface area contributed by atoms with Crippen LogP contribution < -0.4 is 5.56 Å². The summed E-state index contributed by atoms with van der Waals surface area (Å²) in [6.45, 7) is 7.67. The molecule has 1 N–H and O–H groups in total. The van der Waals surface area contributed by atoms with Crippen molar-refractivity contribution in [3.8, 4) is 0 Å². The standard InChI is InChI=1S/C24H32N6O2/c1-3-17-8-9-21-18(12-17)13-20(24(31)25-21)22(29-10-4-6-16(2)14-29)23-26-27-28-30(23)15-19-7-5-11-32-19/h8-9,12-13,16,19,22H,3-7,10-11,14-15H2,1-2H3,(H,25,31)/t16-,19+,22+/m1/s1. The Morgan fingerprint density at radius 3 is 2.94 bits per heavy atom. The number of H-pyrrole nitrogens is 1. The van der Waals surface area contributed by atoms with Crippen molar-refractivity contribution in [2.45, 2.75) is 64.6 Å². The lowest BCUT2D eigenvalue weighted by Crippen LogP contribution is -2.41. The minimum absolute atomic E-state index is 0.0726. The molecule has 170 valence electrons. The van der Waals surface area contributed by atoms with Gasteiger partial charge in [-0.25, -0.2) is 4.68 Å². The molecule has 2 aliphatic rings. The van der Waals surface area contributed by atoms with Gasteiger partial charge in [0.2, 0.25) is 0 Å². The van der Waals surface area contributed by atoms with Gasteiger partial charge in [-0.2, -0.15) is 0 Å². The summed E-state index contributed by atoms with van der Waals surface area (Å²) in [5.41, 5.74) is 2.75. The third-order valence-electron chi connectivity index (χ3n) is 6.90. The van der Waals surface area contributed by atoms with Gasteiger partial charge in [0.15, 0.2) is 5.82 Å². The molecule has 2 aromatic heterocycles. The van der Waals surface area contributed by atoms with Gasteiger partial charge in [0, 0.05) is 24.2 Å². The number of aromatic amines is 1. The summed E-state index contributed by atoms with van der Waals surface area (Å²) >= 11 is 0. The fraction of sp³-hybridized carbons (Fsp3) is 0.583. The van der Waals surface area contributed by atoms with Crippen LogP contribution in [0.15, 0.2) is 29.1 Å². The number of rotatable bonds is 6. The quantitative estimate of drug-likeness (QED) is 0.639. The Morgan fingerprint density at radius 2 is 2.16 bits per heavy atom. The van der Waals surface area contributed by atoms with Crippen LogP contribution in [0.1, 0.15) is 62.5 Å². The third-order valence-corrected chi connectivity index (χ3v) is 6.90. The average molecular weight is 437 g/mol. The van der Waals surface area contributed by atoms with E-state index in [1.807, 2.05) is 16.8 Å². The molecule has 0 saturated carbocycles. The summed E-state index contributed by atoms with van der Waals surface area (Å²) in [4.78, 5) is 18.8. The highest BCUT2D eigenvalue weighted by atomic mass is 16.5. The predicted octanol–water partition coefficient (Wildman–Crippen LogP) is 3.08. The minimum Gasteiger partial charge on any atom is -0.376 e. The highest BCUT2D eigenvalue weighted by Crippen LogP contribution is 2.31. The Morgan fingerprint density at radius 1 is 1.25 bits per heavy atom. The van der Waals surface area contributed by atoms with Gasteiger partial charge < -0.3 is 9.72 Å². The molecule has 0 bridgehead atoms. The van der Waals surface area contributed by atoms with Gasteiger partial charge in [-0.05, 0) is 84.1 Å². The van der Waals surface area contributed by atoms with Crippen LogP contribution in [0.5, 0.6) is 0 Å². The summed E-state index contributed by atoms with van der Waals surface area (Å²) < 4.78 is 7.69. The average Bonchev–Trinajstić information content (AvgIpc) is 3.47. The number of aryl methyl sites for hydroxylation is 1. The van der Waals surface area contributed by atoms with Crippen LogP contribution >= 0.6 is 0 Å². The fourth-order valence-corrected chi connectivity index (χ4v) is 5.17. The van der Waals surface area contributed by atoms with Gasteiger partial charge in [-0.1, -0.05) is 19.9 Å². The maximum atomic E-state index is 13.3. The summed E-state index contributed by atoms with van der Waals surface area (Å²) in [6, 6.07) is 8.00. The molecule has 0 amide bonds. The van der Waals surface area contributed by atoms with E-state index < -0.39 is 0 Å². The maximum Gasteiger partial charge on any atom is 0.253 e. The number of tetrazole rings is 1. The topological polar surface area (TPSA) is 88.9 Å². The molecular formula is C24H32N6O2. The Balaban J connectivity index is 1.60. The number of ether oxygens (including phenoxy) is 1. The molecule has 32 heavy (non-hydrogen) atoms. The first-order valence-electron chi connectivity index (χ1n) is 11.9. The zero-order valence-corrected chi connectivity index (χ0v) is 19.0. The monoisotopic (exact) mass is 436 g/mol. The number of piperidine rings is 1. The van der Waals surface area contributed by atoms with Crippen molar-refractivity contribution in [2.75, 3.05) is 19.7 Å². The van der Waals surface area contributed by atoms with Crippen LogP contribution in [0.2, 0.25) is 0 Å². The summed E-state index contributed by atoms with van der Waals surface area (Å²) in [7, 11) is 0. The molecule has 4 heterocycles. The molecule has 0 spiro atoms. The van der Waals surface area contributed by atoms with E-state index in [-0.39, 0.29) is 17.7 Å². The van der Waals surface area contributed by atoms with Crippen molar-refractivity contribution in [3.63, 3.8) is 0 Å². The second-order valence-electron chi connectivity index (χ2n) is 9.33. The van der Waals surface area contributed by atoms with Crippen molar-refractivity contribution in [1.29, 1.82) is 0 Å². The number of hydrogen-bond donors (Lipinski definition) is 1. The smallest absolute Gasteiger partial charge is 0.253 e. The normalized spacial score (nSPS) is 23.1. The molecule has 8 heteroatoms. The lowest BCUT2D eigenvalue weighted by atomic mass is 9.95. The van der Waals surface area contributed by atoms with E-state index in [1.165, 1.54) is 12.0 Å². The van der Waals surface area contributed by atoms with Crippen LogP contribution in [0.4, 0.5) is 0 Å². The number of nitrogens with one attached hydrogen (secondary N) is 1. The Labute approximate surface area is 188 Å². The minimum atomic E-state index is -0.285. The zero-order valence-electron chi connectivity index (χ0n) is 19.0. The molecule has 5 rings (SSSR count). The molecule has 1 aromatic carbocycles. The van der Waals surface area contributed by atoms with E-state index in [2.05, 4.69) is 51.4 Å². The van der Waals surface area contributed by atoms with E-state index >= 15 is 0 Å². The first-order chi connectivity index (χ1) is 15.6. The number of aromatic nitrogens is 5.